The predicted molar refractivity (Wildman–Crippen MR) is 160 cm³/mol. The monoisotopic (exact) mass is 683 g/mol. The van der Waals surface area contributed by atoms with E-state index in [-0.39, 0.29) is 55.8 Å². The van der Waals surface area contributed by atoms with Crippen molar-refractivity contribution in [3.8, 4) is 5.75 Å². The van der Waals surface area contributed by atoms with E-state index >= 15 is 0 Å². The lowest BCUT2D eigenvalue weighted by molar-refractivity contribution is -0.170. The van der Waals surface area contributed by atoms with Crippen LogP contribution in [0.2, 0.25) is 10.0 Å². The third kappa shape index (κ3) is 12.6. The predicted octanol–water partition coefficient (Wildman–Crippen LogP) is 0.846. The summed E-state index contributed by atoms with van der Waals surface area (Å²) < 4.78 is 24.4. The average Bonchev–Trinajstić information content (AvgIpc) is 2.93. The molecule has 0 aliphatic carbocycles. The summed E-state index contributed by atoms with van der Waals surface area (Å²) in [4.78, 5) is 45.4. The Balaban J connectivity index is 0.00000110. The summed E-state index contributed by atoms with van der Waals surface area (Å²) in [6.07, 6.45) is -2.47. The van der Waals surface area contributed by atoms with Crippen molar-refractivity contribution >= 4 is 52.7 Å². The van der Waals surface area contributed by atoms with E-state index < -0.39 is 36.4 Å². The number of ether oxygens (including phenoxy) is 2. The number of carbonyl (C=O) groups is 4. The number of nitrogens with zero attached hydrogens (tertiary/aromatic N) is 1. The molecule has 18 heteroatoms. The first-order valence-corrected chi connectivity index (χ1v) is 13.6. The van der Waals surface area contributed by atoms with E-state index in [2.05, 4.69) is 10.2 Å². The molecule has 0 radical (unpaired) electrons. The van der Waals surface area contributed by atoms with Crippen molar-refractivity contribution in [1.82, 2.24) is 10.2 Å². The topological polar surface area (TPSA) is 272 Å². The molecule has 15 nitrogen and oxygen atoms in total. The van der Waals surface area contributed by atoms with Gasteiger partial charge in [0.25, 0.3) is 5.91 Å². The summed E-state index contributed by atoms with van der Waals surface area (Å²) >= 11 is 12.2. The summed E-state index contributed by atoms with van der Waals surface area (Å²) in [6, 6.07) is 7.89. The van der Waals surface area contributed by atoms with Gasteiger partial charge in [-0.1, -0.05) is 35.3 Å². The highest BCUT2D eigenvalue weighted by atomic mass is 35.5. The molecule has 0 spiro atoms. The number of benzene rings is 2. The van der Waals surface area contributed by atoms with Crippen molar-refractivity contribution in [3.63, 3.8) is 0 Å². The van der Waals surface area contributed by atoms with Crippen LogP contribution in [0.4, 0.5) is 10.1 Å². The van der Waals surface area contributed by atoms with Gasteiger partial charge in [0.05, 0.1) is 53.5 Å². The fourth-order valence-corrected chi connectivity index (χ4v) is 4.36. The van der Waals surface area contributed by atoms with Crippen LogP contribution in [0.1, 0.15) is 35.7 Å². The van der Waals surface area contributed by atoms with E-state index in [0.29, 0.717) is 32.8 Å². The molecule has 1 saturated heterocycles. The number of aliphatic hydroxyl groups is 1. The number of anilines is 1. The minimum Gasteiger partial charge on any atom is -0.491 e. The number of nitrogen functional groups attached to an aromatic ring is 1. The largest absolute Gasteiger partial charge is 0.491 e. The molecule has 2 aromatic rings. The Labute approximate surface area is 266 Å². The van der Waals surface area contributed by atoms with Crippen LogP contribution < -0.4 is 15.8 Å². The van der Waals surface area contributed by atoms with E-state index in [0.717, 1.165) is 12.1 Å². The molecule has 2 aromatic carbocycles. The van der Waals surface area contributed by atoms with Gasteiger partial charge in [0, 0.05) is 26.2 Å². The Morgan fingerprint density at radius 1 is 1.11 bits per heavy atom. The molecule has 1 fully saturated rings. The molecule has 45 heavy (non-hydrogen) atoms. The Hall–Kier alpha value is -3.77. The van der Waals surface area contributed by atoms with Crippen LogP contribution >= 0.6 is 23.2 Å². The van der Waals surface area contributed by atoms with Crippen LogP contribution in [0.5, 0.6) is 5.75 Å². The lowest BCUT2D eigenvalue weighted by Crippen LogP contribution is -2.47. The number of carbonyl (C=O) groups excluding carboxylic acids is 1. The Morgan fingerprint density at radius 2 is 1.69 bits per heavy atom. The Morgan fingerprint density at radius 3 is 2.20 bits per heavy atom. The molecular formula is C27H36Cl2FN3O12. The molecule has 1 unspecified atom stereocenters. The number of amides is 1. The van der Waals surface area contributed by atoms with Gasteiger partial charge in [-0.15, -0.1) is 0 Å². The van der Waals surface area contributed by atoms with Crippen molar-refractivity contribution in [2.24, 2.45) is 0 Å². The molecule has 252 valence electrons. The first-order chi connectivity index (χ1) is 20.2. The smallest absolute Gasteiger partial charge is 0.336 e. The molecule has 0 aromatic heterocycles. The molecule has 1 aliphatic rings. The summed E-state index contributed by atoms with van der Waals surface area (Å²) in [5.41, 5.74) is 4.61. The van der Waals surface area contributed by atoms with Gasteiger partial charge in [-0.3, -0.25) is 19.3 Å². The molecule has 3 rings (SSSR count). The van der Waals surface area contributed by atoms with Crippen LogP contribution in [0.3, 0.4) is 0 Å². The van der Waals surface area contributed by atoms with Gasteiger partial charge in [0.1, 0.15) is 5.82 Å². The van der Waals surface area contributed by atoms with E-state index in [9.17, 15) is 23.6 Å². The molecule has 1 heterocycles. The highest BCUT2D eigenvalue weighted by Crippen LogP contribution is 2.38. The number of nitrogens with two attached hydrogens (primary N) is 1. The normalized spacial score (nSPS) is 14.5. The number of carboxylic acid groups (broad SMARTS) is 3. The van der Waals surface area contributed by atoms with Crippen LogP contribution in [0, 0.1) is 5.82 Å². The quantitative estimate of drug-likeness (QED) is 0.170. The lowest BCUT2D eigenvalue weighted by atomic mass is 9.96. The van der Waals surface area contributed by atoms with E-state index in [1.54, 1.807) is 19.1 Å². The van der Waals surface area contributed by atoms with E-state index in [4.69, 9.17) is 58.8 Å². The molecule has 1 atom stereocenters. The van der Waals surface area contributed by atoms with Gasteiger partial charge < -0.3 is 51.9 Å². The molecular weight excluding hydrogens is 648 g/mol. The van der Waals surface area contributed by atoms with Gasteiger partial charge >= 0.3 is 17.9 Å². The Bertz CT molecular complexity index is 1300. The minimum atomic E-state index is -2.74. The number of hydrogen-bond acceptors (Lipinski definition) is 9. The number of halogens is 3. The zero-order valence-electron chi connectivity index (χ0n) is 24.0. The second-order valence-electron chi connectivity index (χ2n) is 9.44. The number of aliphatic carboxylic acids is 3. The number of carboxylic acids is 3. The minimum absolute atomic E-state index is 0. The average molecular weight is 684 g/mol. The molecule has 1 amide bonds. The highest BCUT2D eigenvalue weighted by molar-refractivity contribution is 6.44. The third-order valence-corrected chi connectivity index (χ3v) is 6.86. The maximum atomic E-state index is 13.1. The zero-order chi connectivity index (χ0) is 32.3. The number of nitrogens with one attached hydrogen (secondary N) is 1. The number of rotatable bonds is 12. The number of hydrogen-bond donors (Lipinski definition) is 6. The molecule has 0 saturated carbocycles. The fourth-order valence-electron chi connectivity index (χ4n) is 4.01. The van der Waals surface area contributed by atoms with E-state index in [1.165, 1.54) is 18.2 Å². The molecule has 11 N–H and O–H groups in total. The number of morpholine rings is 1. The third-order valence-electron chi connectivity index (χ3n) is 6.06. The summed E-state index contributed by atoms with van der Waals surface area (Å²) in [7, 11) is 0. The van der Waals surface area contributed by atoms with Crippen LogP contribution in [0.25, 0.3) is 0 Å². The van der Waals surface area contributed by atoms with Crippen LogP contribution in [0.15, 0.2) is 30.3 Å². The maximum Gasteiger partial charge on any atom is 0.336 e. The van der Waals surface area contributed by atoms with Crippen molar-refractivity contribution in [2.75, 3.05) is 38.6 Å². The van der Waals surface area contributed by atoms with Crippen LogP contribution in [-0.2, 0) is 25.7 Å². The fraction of sp³-hybridized carbons (Fsp3) is 0.407. The SMILES string of the molecule is CCOc1c(C(=O)NCC2CN(Cc3ccc(F)cc3)CCO2)cc(Cl)c(Cl)c1N.O.O.O=C(O)CC(O)(CC(=O)O)C(=O)O. The van der Waals surface area contributed by atoms with Gasteiger partial charge in [-0.25, -0.2) is 9.18 Å². The van der Waals surface area contributed by atoms with Gasteiger partial charge in [0.2, 0.25) is 0 Å². The van der Waals surface area contributed by atoms with Crippen molar-refractivity contribution in [2.45, 2.75) is 38.0 Å². The molecule has 1 aliphatic heterocycles. The van der Waals surface area contributed by atoms with Gasteiger partial charge in [-0.2, -0.15) is 0 Å². The highest BCUT2D eigenvalue weighted by Gasteiger charge is 2.40. The van der Waals surface area contributed by atoms with Gasteiger partial charge in [0.15, 0.2) is 11.4 Å². The second kappa shape index (κ2) is 18.9. The van der Waals surface area contributed by atoms with Crippen LogP contribution in [-0.4, -0.2) is 105 Å². The second-order valence-corrected chi connectivity index (χ2v) is 10.2. The molecule has 0 bridgehead atoms. The first kappa shape index (κ1) is 41.2. The summed E-state index contributed by atoms with van der Waals surface area (Å²) in [5, 5.41) is 37.0. The lowest BCUT2D eigenvalue weighted by Gasteiger charge is -2.33. The maximum absolute atomic E-state index is 13.1. The van der Waals surface area contributed by atoms with Crippen molar-refractivity contribution in [3.05, 3.63) is 57.3 Å². The zero-order valence-corrected chi connectivity index (χ0v) is 25.5. The van der Waals surface area contributed by atoms with E-state index in [1.807, 2.05) is 0 Å². The standard InChI is InChI=1S/C21H24Cl2FN3O3.C6H8O7.2H2O/c1-2-29-20-16(9-17(22)18(23)19(20)25)21(28)26-10-15-12-27(7-8-30-15)11-13-3-5-14(24)6-4-13;7-3(8)1-6(13,5(11)12)2-4(9)10;;/h3-6,9,15H,2,7-8,10-12,25H2,1H3,(H,26,28);13H,1-2H2,(H,7,8)(H,9,10)(H,11,12);2*1H2. The summed E-state index contributed by atoms with van der Waals surface area (Å²) in [6.45, 7) is 5.06. The summed E-state index contributed by atoms with van der Waals surface area (Å²) in [5.74, 6) is -5.43. The van der Waals surface area contributed by atoms with Crippen molar-refractivity contribution in [1.29, 1.82) is 0 Å². The Kier molecular flexibility index (Phi) is 17.3. The first-order valence-electron chi connectivity index (χ1n) is 12.8. The van der Waals surface area contributed by atoms with Gasteiger partial charge in [-0.05, 0) is 30.7 Å². The van der Waals surface area contributed by atoms with Crippen molar-refractivity contribution < 1.29 is 64.4 Å².